The van der Waals surface area contributed by atoms with E-state index in [0.717, 1.165) is 30.7 Å². The molecule has 0 aromatic heterocycles. The van der Waals surface area contributed by atoms with E-state index in [1.807, 2.05) is 6.92 Å². The first-order valence-corrected chi connectivity index (χ1v) is 5.46. The van der Waals surface area contributed by atoms with Crippen LogP contribution in [-0.4, -0.2) is 6.54 Å². The lowest BCUT2D eigenvalue weighted by Gasteiger charge is -2.14. The first-order chi connectivity index (χ1) is 7.95. The molecule has 0 aliphatic carbocycles. The Morgan fingerprint density at radius 2 is 1.88 bits per heavy atom. The summed E-state index contributed by atoms with van der Waals surface area (Å²) in [6.07, 6.45) is -1.63. The Hall–Kier alpha value is -1.29. The van der Waals surface area contributed by atoms with Crippen molar-refractivity contribution >= 4 is 0 Å². The normalized spacial score (nSPS) is 13.4. The second-order valence-corrected chi connectivity index (χ2v) is 3.87. The highest BCUT2D eigenvalue weighted by atomic mass is 19.4. The first kappa shape index (κ1) is 13.8. The van der Waals surface area contributed by atoms with Crippen LogP contribution < -0.4 is 5.32 Å². The maximum Gasteiger partial charge on any atom is 0.416 e. The van der Waals surface area contributed by atoms with Gasteiger partial charge in [0.05, 0.1) is 5.56 Å². The van der Waals surface area contributed by atoms with Gasteiger partial charge in [0.1, 0.15) is 0 Å². The van der Waals surface area contributed by atoms with Crippen LogP contribution >= 0.6 is 0 Å². The van der Waals surface area contributed by atoms with Crippen molar-refractivity contribution in [2.75, 3.05) is 6.54 Å². The fraction of sp³-hybridized carbons (Fsp3) is 0.385. The summed E-state index contributed by atoms with van der Waals surface area (Å²) in [6, 6.07) is 5.28. The zero-order valence-electron chi connectivity index (χ0n) is 9.72. The Morgan fingerprint density at radius 3 is 2.35 bits per heavy atom. The first-order valence-electron chi connectivity index (χ1n) is 5.46. The summed E-state index contributed by atoms with van der Waals surface area (Å²) < 4.78 is 37.0. The lowest BCUT2D eigenvalue weighted by atomic mass is 10.1. The predicted octanol–water partition coefficient (Wildman–Crippen LogP) is 3.93. The summed E-state index contributed by atoms with van der Waals surface area (Å²) in [4.78, 5) is 0. The maximum absolute atomic E-state index is 12.3. The summed E-state index contributed by atoms with van der Waals surface area (Å²) in [5.41, 5.74) is 0.238. The molecule has 1 nitrogen and oxygen atoms in total. The van der Waals surface area contributed by atoms with Crippen molar-refractivity contribution < 1.29 is 13.2 Å². The van der Waals surface area contributed by atoms with Gasteiger partial charge in [-0.15, -0.1) is 6.58 Å². The number of nitrogens with one attached hydrogen (secondary N) is 1. The molecule has 0 saturated heterocycles. The van der Waals surface area contributed by atoms with E-state index in [4.69, 9.17) is 0 Å². The summed E-state index contributed by atoms with van der Waals surface area (Å²) >= 11 is 0. The van der Waals surface area contributed by atoms with E-state index in [0.29, 0.717) is 0 Å². The molecule has 17 heavy (non-hydrogen) atoms. The highest BCUT2D eigenvalue weighted by Gasteiger charge is 2.30. The topological polar surface area (TPSA) is 12.0 Å². The number of alkyl halides is 3. The molecule has 0 amide bonds. The van der Waals surface area contributed by atoms with Gasteiger partial charge in [0.2, 0.25) is 0 Å². The third-order valence-electron chi connectivity index (χ3n) is 2.54. The molecule has 94 valence electrons. The van der Waals surface area contributed by atoms with E-state index in [-0.39, 0.29) is 6.04 Å². The molecule has 0 spiro atoms. The summed E-state index contributed by atoms with van der Waals surface area (Å²) in [5.74, 6) is 0. The zero-order valence-corrected chi connectivity index (χ0v) is 9.72. The summed E-state index contributed by atoms with van der Waals surface area (Å²) in [7, 11) is 0. The highest BCUT2D eigenvalue weighted by Crippen LogP contribution is 2.29. The molecule has 1 N–H and O–H groups in total. The molecule has 0 radical (unpaired) electrons. The van der Waals surface area contributed by atoms with Gasteiger partial charge < -0.3 is 5.32 Å². The number of halogens is 3. The third-order valence-corrected chi connectivity index (χ3v) is 2.54. The molecule has 4 heteroatoms. The van der Waals surface area contributed by atoms with Crippen LogP contribution in [0.15, 0.2) is 36.9 Å². The quantitative estimate of drug-likeness (QED) is 0.610. The fourth-order valence-electron chi connectivity index (χ4n) is 1.48. The SMILES string of the molecule is C=CCCNC(C)c1ccc(C(F)(F)F)cc1. The van der Waals surface area contributed by atoms with E-state index in [2.05, 4.69) is 11.9 Å². The van der Waals surface area contributed by atoms with Crippen molar-refractivity contribution in [2.45, 2.75) is 25.6 Å². The summed E-state index contributed by atoms with van der Waals surface area (Å²) in [6.45, 7) is 6.30. The highest BCUT2D eigenvalue weighted by molar-refractivity contribution is 5.26. The number of hydrogen-bond donors (Lipinski definition) is 1. The molecule has 0 aliphatic heterocycles. The number of rotatable bonds is 5. The van der Waals surface area contributed by atoms with Crippen molar-refractivity contribution in [3.8, 4) is 0 Å². The van der Waals surface area contributed by atoms with Gasteiger partial charge >= 0.3 is 6.18 Å². The van der Waals surface area contributed by atoms with E-state index in [1.54, 1.807) is 6.08 Å². The van der Waals surface area contributed by atoms with Crippen molar-refractivity contribution in [2.24, 2.45) is 0 Å². The van der Waals surface area contributed by atoms with E-state index in [1.165, 1.54) is 12.1 Å². The maximum atomic E-state index is 12.3. The van der Waals surface area contributed by atoms with Gasteiger partial charge in [0, 0.05) is 6.04 Å². The van der Waals surface area contributed by atoms with Crippen molar-refractivity contribution in [3.05, 3.63) is 48.0 Å². The minimum atomic E-state index is -4.27. The molecular weight excluding hydrogens is 227 g/mol. The molecule has 0 fully saturated rings. The molecule has 0 aliphatic rings. The Morgan fingerprint density at radius 1 is 1.29 bits per heavy atom. The zero-order chi connectivity index (χ0) is 12.9. The van der Waals surface area contributed by atoms with Gasteiger partial charge in [0.15, 0.2) is 0 Å². The van der Waals surface area contributed by atoms with Gasteiger partial charge in [0.25, 0.3) is 0 Å². The monoisotopic (exact) mass is 243 g/mol. The predicted molar refractivity (Wildman–Crippen MR) is 62.7 cm³/mol. The molecule has 1 aromatic carbocycles. The second-order valence-electron chi connectivity index (χ2n) is 3.87. The van der Waals surface area contributed by atoms with E-state index < -0.39 is 11.7 Å². The second kappa shape index (κ2) is 5.87. The Balaban J connectivity index is 2.64. The van der Waals surface area contributed by atoms with Gasteiger partial charge in [-0.2, -0.15) is 13.2 Å². The van der Waals surface area contributed by atoms with Crippen LogP contribution in [0.4, 0.5) is 13.2 Å². The van der Waals surface area contributed by atoms with E-state index >= 15 is 0 Å². The average molecular weight is 243 g/mol. The molecule has 1 aromatic rings. The van der Waals surface area contributed by atoms with Gasteiger partial charge in [-0.25, -0.2) is 0 Å². The van der Waals surface area contributed by atoms with Crippen LogP contribution in [0.2, 0.25) is 0 Å². The van der Waals surface area contributed by atoms with Crippen LogP contribution in [0.25, 0.3) is 0 Å². The molecular formula is C13H16F3N. The van der Waals surface area contributed by atoms with Crippen LogP contribution in [0.5, 0.6) is 0 Å². The summed E-state index contributed by atoms with van der Waals surface area (Å²) in [5, 5.41) is 3.21. The number of benzene rings is 1. The standard InChI is InChI=1S/C13H16F3N/c1-3-4-9-17-10(2)11-5-7-12(8-6-11)13(14,15)16/h3,5-8,10,17H,1,4,9H2,2H3. The smallest absolute Gasteiger partial charge is 0.310 e. The molecule has 1 atom stereocenters. The average Bonchev–Trinajstić information content (AvgIpc) is 2.28. The van der Waals surface area contributed by atoms with Crippen molar-refractivity contribution in [1.82, 2.24) is 5.32 Å². The van der Waals surface area contributed by atoms with Crippen LogP contribution in [0.3, 0.4) is 0 Å². The molecule has 1 unspecified atom stereocenters. The molecule has 1 rings (SSSR count). The fourth-order valence-corrected chi connectivity index (χ4v) is 1.48. The van der Waals surface area contributed by atoms with Gasteiger partial charge in [-0.3, -0.25) is 0 Å². The lowest BCUT2D eigenvalue weighted by Crippen LogP contribution is -2.19. The van der Waals surface area contributed by atoms with Crippen LogP contribution in [0, 0.1) is 0 Å². The van der Waals surface area contributed by atoms with Gasteiger partial charge in [-0.05, 0) is 37.6 Å². The third kappa shape index (κ3) is 4.23. The lowest BCUT2D eigenvalue weighted by molar-refractivity contribution is -0.137. The van der Waals surface area contributed by atoms with Crippen molar-refractivity contribution in [3.63, 3.8) is 0 Å². The Labute approximate surface area is 99.3 Å². The Kier molecular flexibility index (Phi) is 4.75. The van der Waals surface area contributed by atoms with Crippen molar-refractivity contribution in [1.29, 1.82) is 0 Å². The van der Waals surface area contributed by atoms with Crippen LogP contribution in [-0.2, 0) is 6.18 Å². The Bertz CT molecular complexity index is 354. The minimum absolute atomic E-state index is 0.0391. The van der Waals surface area contributed by atoms with Gasteiger partial charge in [-0.1, -0.05) is 18.2 Å². The van der Waals surface area contributed by atoms with E-state index in [9.17, 15) is 13.2 Å². The molecule has 0 heterocycles. The largest absolute Gasteiger partial charge is 0.416 e. The molecule has 0 saturated carbocycles. The minimum Gasteiger partial charge on any atom is -0.310 e. The number of hydrogen-bond acceptors (Lipinski definition) is 1. The van der Waals surface area contributed by atoms with Crippen LogP contribution in [0.1, 0.15) is 30.5 Å². The molecule has 0 bridgehead atoms.